The van der Waals surface area contributed by atoms with E-state index in [9.17, 15) is 4.79 Å². The highest BCUT2D eigenvalue weighted by Gasteiger charge is 2.14. The van der Waals surface area contributed by atoms with Crippen molar-refractivity contribution in [2.24, 2.45) is 0 Å². The minimum absolute atomic E-state index is 0.0874. The summed E-state index contributed by atoms with van der Waals surface area (Å²) >= 11 is 0. The lowest BCUT2D eigenvalue weighted by Crippen LogP contribution is -2.35. The number of carbonyl (C=O) groups excluding carboxylic acids is 1. The van der Waals surface area contributed by atoms with Gasteiger partial charge in [-0.2, -0.15) is 5.10 Å². The van der Waals surface area contributed by atoms with E-state index in [4.69, 9.17) is 4.52 Å². The molecule has 0 spiro atoms. The van der Waals surface area contributed by atoms with Gasteiger partial charge in [0.1, 0.15) is 5.76 Å². The van der Waals surface area contributed by atoms with Crippen molar-refractivity contribution in [1.29, 1.82) is 0 Å². The van der Waals surface area contributed by atoms with Gasteiger partial charge in [-0.3, -0.25) is 9.48 Å². The molecular weight excluding hydrogens is 282 g/mol. The molecule has 0 radical (unpaired) electrons. The number of aryl methyl sites for hydroxylation is 2. The molecule has 1 amide bonds. The van der Waals surface area contributed by atoms with Crippen LogP contribution >= 0.6 is 0 Å². The summed E-state index contributed by atoms with van der Waals surface area (Å²) in [6, 6.07) is 2.12. The lowest BCUT2D eigenvalue weighted by atomic mass is 10.1. The quantitative estimate of drug-likeness (QED) is 0.818. The number of nitrogens with one attached hydrogen (secondary N) is 2. The summed E-state index contributed by atoms with van der Waals surface area (Å²) in [6.07, 6.45) is 4.24. The molecule has 2 atom stereocenters. The van der Waals surface area contributed by atoms with Crippen molar-refractivity contribution in [2.45, 2.75) is 46.2 Å². The second-order valence-corrected chi connectivity index (χ2v) is 5.60. The molecule has 7 nitrogen and oxygen atoms in total. The Hall–Kier alpha value is -2.15. The van der Waals surface area contributed by atoms with Gasteiger partial charge in [0.15, 0.2) is 5.82 Å². The largest absolute Gasteiger partial charge is 0.360 e. The van der Waals surface area contributed by atoms with Gasteiger partial charge >= 0.3 is 0 Å². The van der Waals surface area contributed by atoms with Gasteiger partial charge in [-0.25, -0.2) is 0 Å². The Balaban J connectivity index is 1.72. The lowest BCUT2D eigenvalue weighted by Gasteiger charge is -2.21. The molecule has 0 fully saturated rings. The summed E-state index contributed by atoms with van der Waals surface area (Å²) in [5.74, 6) is 1.04. The number of hydrogen-bond acceptors (Lipinski definition) is 5. The van der Waals surface area contributed by atoms with Gasteiger partial charge < -0.3 is 15.2 Å². The van der Waals surface area contributed by atoms with Gasteiger partial charge in [0.25, 0.3) is 0 Å². The van der Waals surface area contributed by atoms with Gasteiger partial charge in [0.2, 0.25) is 5.91 Å². The second-order valence-electron chi connectivity index (χ2n) is 5.60. The highest BCUT2D eigenvalue weighted by Crippen LogP contribution is 2.11. The SMILES string of the molecule is Cc1cnn([C@H](C)[C@@H](C)NCCC(=O)Nc2cc(C)on2)c1. The van der Waals surface area contributed by atoms with E-state index < -0.39 is 0 Å². The third-order valence-corrected chi connectivity index (χ3v) is 3.59. The van der Waals surface area contributed by atoms with Crippen molar-refractivity contribution in [3.05, 3.63) is 29.8 Å². The van der Waals surface area contributed by atoms with E-state index in [1.807, 2.05) is 24.0 Å². The van der Waals surface area contributed by atoms with Crippen molar-refractivity contribution in [3.63, 3.8) is 0 Å². The van der Waals surface area contributed by atoms with E-state index in [-0.39, 0.29) is 18.0 Å². The third kappa shape index (κ3) is 4.42. The topological polar surface area (TPSA) is 85.0 Å². The van der Waals surface area contributed by atoms with Gasteiger partial charge in [-0.15, -0.1) is 0 Å². The molecule has 0 aliphatic rings. The van der Waals surface area contributed by atoms with E-state index in [1.165, 1.54) is 0 Å². The number of hydrogen-bond donors (Lipinski definition) is 2. The molecule has 0 aliphatic heterocycles. The van der Waals surface area contributed by atoms with Crippen molar-refractivity contribution in [3.8, 4) is 0 Å². The molecule has 0 saturated heterocycles. The number of rotatable bonds is 7. The molecule has 2 aromatic heterocycles. The summed E-state index contributed by atoms with van der Waals surface area (Å²) in [6.45, 7) is 8.58. The second kappa shape index (κ2) is 7.22. The van der Waals surface area contributed by atoms with Crippen LogP contribution < -0.4 is 10.6 Å². The van der Waals surface area contributed by atoms with Gasteiger partial charge in [0, 0.05) is 31.3 Å². The standard InChI is InChI=1S/C15H23N5O2/c1-10-8-17-20(9-10)13(4)12(3)16-6-5-15(21)18-14-7-11(2)22-19-14/h7-9,12-13,16H,5-6H2,1-4H3,(H,18,19,21)/t12-,13-/m1/s1. The zero-order valence-corrected chi connectivity index (χ0v) is 13.5. The van der Waals surface area contributed by atoms with E-state index in [2.05, 4.69) is 34.7 Å². The van der Waals surface area contributed by atoms with Crippen LogP contribution in [0.2, 0.25) is 0 Å². The fraction of sp³-hybridized carbons (Fsp3) is 0.533. The highest BCUT2D eigenvalue weighted by molar-refractivity contribution is 5.89. The Morgan fingerprint density at radius 1 is 1.41 bits per heavy atom. The van der Waals surface area contributed by atoms with Crippen LogP contribution in [0.5, 0.6) is 0 Å². The average molecular weight is 305 g/mol. The van der Waals surface area contributed by atoms with Crippen molar-refractivity contribution in [1.82, 2.24) is 20.3 Å². The Labute approximate surface area is 130 Å². The molecule has 0 unspecified atom stereocenters. The van der Waals surface area contributed by atoms with Crippen LogP contribution in [0, 0.1) is 13.8 Å². The predicted molar refractivity (Wildman–Crippen MR) is 83.6 cm³/mol. The van der Waals surface area contributed by atoms with Crippen LogP contribution in [0.3, 0.4) is 0 Å². The van der Waals surface area contributed by atoms with Crippen LogP contribution in [0.15, 0.2) is 23.0 Å². The minimum Gasteiger partial charge on any atom is -0.360 e. The van der Waals surface area contributed by atoms with Crippen LogP contribution in [-0.2, 0) is 4.79 Å². The lowest BCUT2D eigenvalue weighted by molar-refractivity contribution is -0.116. The molecule has 2 aromatic rings. The number of aromatic nitrogens is 3. The molecular formula is C15H23N5O2. The maximum absolute atomic E-state index is 11.8. The van der Waals surface area contributed by atoms with Crippen LogP contribution in [0.4, 0.5) is 5.82 Å². The molecule has 0 saturated carbocycles. The fourth-order valence-corrected chi connectivity index (χ4v) is 2.10. The minimum atomic E-state index is -0.0874. The molecule has 2 rings (SSSR count). The first-order valence-corrected chi connectivity index (χ1v) is 7.43. The highest BCUT2D eigenvalue weighted by atomic mass is 16.5. The molecule has 0 aromatic carbocycles. The maximum Gasteiger partial charge on any atom is 0.226 e. The maximum atomic E-state index is 11.8. The Morgan fingerprint density at radius 2 is 2.18 bits per heavy atom. The zero-order valence-electron chi connectivity index (χ0n) is 13.5. The Morgan fingerprint density at radius 3 is 2.77 bits per heavy atom. The van der Waals surface area contributed by atoms with E-state index in [0.29, 0.717) is 24.5 Å². The Kier molecular flexibility index (Phi) is 5.32. The third-order valence-electron chi connectivity index (χ3n) is 3.59. The first-order chi connectivity index (χ1) is 10.5. The van der Waals surface area contributed by atoms with Crippen LogP contribution in [0.1, 0.15) is 37.6 Å². The van der Waals surface area contributed by atoms with Crippen molar-refractivity contribution in [2.75, 3.05) is 11.9 Å². The fourth-order valence-electron chi connectivity index (χ4n) is 2.10. The molecule has 2 heterocycles. The summed E-state index contributed by atoms with van der Waals surface area (Å²) < 4.78 is 6.84. The summed E-state index contributed by atoms with van der Waals surface area (Å²) in [5, 5.41) is 14.1. The predicted octanol–water partition coefficient (Wildman–Crippen LogP) is 2.06. The average Bonchev–Trinajstić information content (AvgIpc) is 3.06. The summed E-state index contributed by atoms with van der Waals surface area (Å²) in [5.41, 5.74) is 1.14. The van der Waals surface area contributed by atoms with Crippen LogP contribution in [0.25, 0.3) is 0 Å². The monoisotopic (exact) mass is 305 g/mol. The summed E-state index contributed by atoms with van der Waals surface area (Å²) in [4.78, 5) is 11.8. The van der Waals surface area contributed by atoms with Crippen LogP contribution in [-0.4, -0.2) is 33.4 Å². The van der Waals surface area contributed by atoms with Crippen molar-refractivity contribution >= 4 is 11.7 Å². The summed E-state index contributed by atoms with van der Waals surface area (Å²) in [7, 11) is 0. The van der Waals surface area contributed by atoms with E-state index in [1.54, 1.807) is 13.0 Å². The van der Waals surface area contributed by atoms with E-state index in [0.717, 1.165) is 5.56 Å². The number of carbonyl (C=O) groups is 1. The number of amides is 1. The number of anilines is 1. The molecule has 0 aliphatic carbocycles. The smallest absolute Gasteiger partial charge is 0.226 e. The molecule has 22 heavy (non-hydrogen) atoms. The van der Waals surface area contributed by atoms with Gasteiger partial charge in [0.05, 0.1) is 12.2 Å². The molecule has 0 bridgehead atoms. The first kappa shape index (κ1) is 16.2. The van der Waals surface area contributed by atoms with E-state index >= 15 is 0 Å². The van der Waals surface area contributed by atoms with Gasteiger partial charge in [-0.1, -0.05) is 5.16 Å². The number of nitrogens with zero attached hydrogens (tertiary/aromatic N) is 3. The first-order valence-electron chi connectivity index (χ1n) is 7.43. The van der Waals surface area contributed by atoms with Gasteiger partial charge in [-0.05, 0) is 33.3 Å². The molecule has 2 N–H and O–H groups in total. The van der Waals surface area contributed by atoms with Crippen molar-refractivity contribution < 1.29 is 9.32 Å². The molecule has 120 valence electrons. The normalized spacial score (nSPS) is 13.8. The zero-order chi connectivity index (χ0) is 16.1. The Bertz CT molecular complexity index is 619. The molecule has 7 heteroatoms.